The van der Waals surface area contributed by atoms with Crippen LogP contribution in [-0.4, -0.2) is 25.2 Å². The summed E-state index contributed by atoms with van der Waals surface area (Å²) in [7, 11) is -4.52. The van der Waals surface area contributed by atoms with Crippen LogP contribution in [0.4, 0.5) is 17.1 Å². The van der Waals surface area contributed by atoms with Gasteiger partial charge in [-0.15, -0.1) is 0 Å². The molecule has 1 aliphatic heterocycles. The summed E-state index contributed by atoms with van der Waals surface area (Å²) < 4.78 is 37.0. The molecule has 0 aromatic heterocycles. The van der Waals surface area contributed by atoms with E-state index in [-0.39, 0.29) is 4.90 Å². The molecule has 0 spiro atoms. The number of nitrogens with one attached hydrogen (secondary N) is 1. The normalized spacial score (nSPS) is 15.2. The van der Waals surface area contributed by atoms with Crippen molar-refractivity contribution in [3.8, 4) is 0 Å². The van der Waals surface area contributed by atoms with Crippen LogP contribution in [0.2, 0.25) is 0 Å². The third-order valence-electron chi connectivity index (χ3n) is 5.64. The Hall–Kier alpha value is -2.96. The topological polar surface area (TPSA) is 72.2 Å². The molecule has 0 radical (unpaired) electrons. The summed E-state index contributed by atoms with van der Waals surface area (Å²) in [6.07, 6.45) is 0.755. The summed E-state index contributed by atoms with van der Waals surface area (Å²) in [5.74, 6) is 0. The molecule has 0 fully saturated rings. The van der Waals surface area contributed by atoms with Crippen molar-refractivity contribution in [2.24, 2.45) is 0 Å². The Balaban J connectivity index is 1.77. The monoisotopic (exact) mass is 420 g/mol. The Labute approximate surface area is 177 Å². The van der Waals surface area contributed by atoms with Gasteiger partial charge >= 0.3 is 0 Å². The molecule has 0 amide bonds. The van der Waals surface area contributed by atoms with E-state index in [9.17, 15) is 13.0 Å². The maximum Gasteiger partial charge on any atom is 0.215 e. The van der Waals surface area contributed by atoms with Crippen molar-refractivity contribution >= 4 is 32.9 Å². The SMILES string of the molecule is CC1(C)C(CCNc2ccccc2)=[N+](c2ccccc2)c2ccc(S(=O)(=O)[O-])cc21. The average Bonchev–Trinajstić information content (AvgIpc) is 2.95. The van der Waals surface area contributed by atoms with Crippen LogP contribution < -0.4 is 9.89 Å². The smallest absolute Gasteiger partial charge is 0.215 e. The first-order chi connectivity index (χ1) is 14.3. The Morgan fingerprint density at radius 2 is 1.57 bits per heavy atom. The largest absolute Gasteiger partial charge is 0.744 e. The second kappa shape index (κ2) is 7.70. The highest BCUT2D eigenvalue weighted by atomic mass is 32.2. The van der Waals surface area contributed by atoms with E-state index in [1.807, 2.05) is 60.7 Å². The first-order valence-electron chi connectivity index (χ1n) is 9.89. The Kier molecular flexibility index (Phi) is 5.22. The summed E-state index contributed by atoms with van der Waals surface area (Å²) in [4.78, 5) is -0.189. The van der Waals surface area contributed by atoms with Gasteiger partial charge in [0.1, 0.15) is 10.1 Å². The third-order valence-corrected chi connectivity index (χ3v) is 6.47. The van der Waals surface area contributed by atoms with Gasteiger partial charge in [0, 0.05) is 42.4 Å². The van der Waals surface area contributed by atoms with Crippen molar-refractivity contribution in [2.75, 3.05) is 11.9 Å². The van der Waals surface area contributed by atoms with Gasteiger partial charge in [-0.05, 0) is 38.1 Å². The van der Waals surface area contributed by atoms with Gasteiger partial charge in [-0.25, -0.2) is 8.42 Å². The number of benzene rings is 3. The minimum atomic E-state index is -4.52. The van der Waals surface area contributed by atoms with Crippen LogP contribution >= 0.6 is 0 Å². The molecule has 6 heteroatoms. The zero-order valence-electron chi connectivity index (χ0n) is 17.0. The van der Waals surface area contributed by atoms with Crippen molar-refractivity contribution < 1.29 is 13.0 Å². The molecule has 1 aliphatic rings. The van der Waals surface area contributed by atoms with E-state index in [2.05, 4.69) is 23.7 Å². The van der Waals surface area contributed by atoms with Crippen LogP contribution in [0.25, 0.3) is 0 Å². The molecule has 3 aromatic rings. The highest BCUT2D eigenvalue weighted by Gasteiger charge is 2.46. The molecule has 5 nitrogen and oxygen atoms in total. The molecule has 1 N–H and O–H groups in total. The number of fused-ring (bicyclic) bond motifs is 1. The van der Waals surface area contributed by atoms with Crippen molar-refractivity contribution in [1.82, 2.24) is 4.58 Å². The van der Waals surface area contributed by atoms with Gasteiger partial charge in [-0.2, -0.15) is 4.58 Å². The summed E-state index contributed by atoms with van der Waals surface area (Å²) >= 11 is 0. The second-order valence-electron chi connectivity index (χ2n) is 7.92. The molecule has 0 saturated carbocycles. The van der Waals surface area contributed by atoms with Crippen LogP contribution in [0, 0.1) is 0 Å². The van der Waals surface area contributed by atoms with Gasteiger partial charge < -0.3 is 9.87 Å². The van der Waals surface area contributed by atoms with Crippen molar-refractivity contribution in [3.63, 3.8) is 0 Å². The van der Waals surface area contributed by atoms with E-state index in [1.54, 1.807) is 6.07 Å². The Morgan fingerprint density at radius 3 is 2.20 bits per heavy atom. The Bertz CT molecular complexity index is 1200. The number of hydrogen-bond acceptors (Lipinski definition) is 4. The fourth-order valence-corrected chi connectivity index (χ4v) is 4.62. The Morgan fingerprint density at radius 1 is 0.933 bits per heavy atom. The molecule has 30 heavy (non-hydrogen) atoms. The molecule has 0 bridgehead atoms. The molecule has 0 unspecified atom stereocenters. The second-order valence-corrected chi connectivity index (χ2v) is 9.30. The van der Waals surface area contributed by atoms with Gasteiger partial charge in [0.2, 0.25) is 11.4 Å². The van der Waals surface area contributed by atoms with Gasteiger partial charge in [0.05, 0.1) is 10.3 Å². The molecule has 0 saturated heterocycles. The maximum atomic E-state index is 11.6. The van der Waals surface area contributed by atoms with E-state index in [0.717, 1.165) is 41.3 Å². The van der Waals surface area contributed by atoms with Gasteiger partial charge in [0.15, 0.2) is 5.71 Å². The van der Waals surface area contributed by atoms with E-state index in [4.69, 9.17) is 0 Å². The number of nitrogens with zero attached hydrogens (tertiary/aromatic N) is 1. The predicted molar refractivity (Wildman–Crippen MR) is 120 cm³/mol. The minimum Gasteiger partial charge on any atom is -0.744 e. The van der Waals surface area contributed by atoms with E-state index in [0.29, 0.717) is 0 Å². The predicted octanol–water partition coefficient (Wildman–Crippen LogP) is 4.66. The minimum absolute atomic E-state index is 0.189. The summed E-state index contributed by atoms with van der Waals surface area (Å²) in [6, 6.07) is 24.7. The fourth-order valence-electron chi connectivity index (χ4n) is 4.12. The molecule has 4 rings (SSSR count). The lowest BCUT2D eigenvalue weighted by Gasteiger charge is -2.19. The molecule has 154 valence electrons. The maximum absolute atomic E-state index is 11.6. The lowest BCUT2D eigenvalue weighted by molar-refractivity contribution is 0.463. The highest BCUT2D eigenvalue weighted by Crippen LogP contribution is 2.43. The van der Waals surface area contributed by atoms with Gasteiger partial charge in [-0.1, -0.05) is 36.4 Å². The number of rotatable bonds is 6. The van der Waals surface area contributed by atoms with Gasteiger partial charge in [0.25, 0.3) is 0 Å². The van der Waals surface area contributed by atoms with Crippen molar-refractivity contribution in [2.45, 2.75) is 30.6 Å². The van der Waals surface area contributed by atoms with Gasteiger partial charge in [-0.3, -0.25) is 0 Å². The first kappa shape index (κ1) is 20.3. The quantitative estimate of drug-likeness (QED) is 0.465. The zero-order chi connectivity index (χ0) is 21.4. The summed E-state index contributed by atoms with van der Waals surface area (Å²) in [5, 5.41) is 3.45. The van der Waals surface area contributed by atoms with Crippen molar-refractivity contribution in [1.29, 1.82) is 0 Å². The first-order valence-corrected chi connectivity index (χ1v) is 11.3. The number of para-hydroxylation sites is 2. The summed E-state index contributed by atoms with van der Waals surface area (Å²) in [5.41, 5.74) is 4.54. The molecule has 0 atom stereocenters. The van der Waals surface area contributed by atoms with E-state index >= 15 is 0 Å². The molecule has 0 aliphatic carbocycles. The molecule has 3 aromatic carbocycles. The van der Waals surface area contributed by atoms with Crippen LogP contribution in [0.3, 0.4) is 0 Å². The molecule has 1 heterocycles. The number of anilines is 1. The van der Waals surface area contributed by atoms with Crippen LogP contribution in [0.1, 0.15) is 25.8 Å². The molecular formula is C24H24N2O3S. The number of hydrogen-bond donors (Lipinski definition) is 1. The zero-order valence-corrected chi connectivity index (χ0v) is 17.8. The third kappa shape index (κ3) is 3.76. The van der Waals surface area contributed by atoms with Crippen LogP contribution in [0.5, 0.6) is 0 Å². The van der Waals surface area contributed by atoms with Crippen molar-refractivity contribution in [3.05, 3.63) is 84.4 Å². The highest BCUT2D eigenvalue weighted by molar-refractivity contribution is 7.85. The average molecular weight is 421 g/mol. The van der Waals surface area contributed by atoms with E-state index in [1.165, 1.54) is 12.1 Å². The van der Waals surface area contributed by atoms with Crippen LogP contribution in [0.15, 0.2) is 83.8 Å². The lowest BCUT2D eigenvalue weighted by Crippen LogP contribution is -2.31. The molecular weight excluding hydrogens is 396 g/mol. The van der Waals surface area contributed by atoms with E-state index < -0.39 is 15.5 Å². The standard InChI is InChI=1S/C24H24N2O3S/c1-24(2)21-17-20(30(27,28)29)13-14-22(21)26(19-11-7-4-8-12-19)23(24)15-16-25-18-9-5-3-6-10-18/h3-14,17,25H,15-16H2,1-2H3. The lowest BCUT2D eigenvalue weighted by atomic mass is 9.80. The fraction of sp³-hybridized carbons (Fsp3) is 0.208. The summed E-state index contributed by atoms with van der Waals surface area (Å²) in [6.45, 7) is 4.88. The van der Waals surface area contributed by atoms with Crippen LogP contribution in [-0.2, 0) is 15.5 Å².